The summed E-state index contributed by atoms with van der Waals surface area (Å²) in [6.07, 6.45) is 20.4. The second kappa shape index (κ2) is 18.7. The van der Waals surface area contributed by atoms with Crippen LogP contribution in [0.4, 0.5) is 0 Å². The van der Waals surface area contributed by atoms with Crippen molar-refractivity contribution in [2.24, 2.45) is 0 Å². The summed E-state index contributed by atoms with van der Waals surface area (Å²) in [7, 11) is 1.64. The fourth-order valence-electron chi connectivity index (χ4n) is 4.41. The maximum atomic E-state index is 12.5. The summed E-state index contributed by atoms with van der Waals surface area (Å²) < 4.78 is 13.6. The lowest BCUT2D eigenvalue weighted by Crippen LogP contribution is -2.33. The largest absolute Gasteiger partial charge is 0.496 e. The molecule has 2 rings (SSSR count). The number of aryl methyl sites for hydroxylation is 1. The van der Waals surface area contributed by atoms with Crippen molar-refractivity contribution in [2.75, 3.05) is 13.7 Å². The van der Waals surface area contributed by atoms with Crippen molar-refractivity contribution in [3.63, 3.8) is 0 Å². The van der Waals surface area contributed by atoms with Gasteiger partial charge in [0.15, 0.2) is 12.4 Å². The minimum absolute atomic E-state index is 0.0228. The van der Waals surface area contributed by atoms with E-state index in [9.17, 15) is 4.79 Å². The van der Waals surface area contributed by atoms with Crippen LogP contribution >= 0.6 is 0 Å². The first-order valence-electron chi connectivity index (χ1n) is 14.2. The van der Waals surface area contributed by atoms with Crippen LogP contribution in [0.3, 0.4) is 0 Å². The Morgan fingerprint density at radius 1 is 0.889 bits per heavy atom. The molecule has 1 N–H and O–H groups in total. The van der Waals surface area contributed by atoms with E-state index in [0.29, 0.717) is 12.3 Å². The number of nitrogens with one attached hydrogen (secondary N) is 1. The normalized spacial score (nSPS) is 10.9. The number of benzene rings is 1. The molecule has 0 aliphatic heterocycles. The maximum absolute atomic E-state index is 12.5. The fourth-order valence-corrected chi connectivity index (χ4v) is 4.41. The molecular weight excluding hydrogens is 448 g/mol. The molecule has 0 bridgehead atoms. The molecule has 0 aliphatic carbocycles. The van der Waals surface area contributed by atoms with Gasteiger partial charge < -0.3 is 14.8 Å². The Labute approximate surface area is 219 Å². The van der Waals surface area contributed by atoms with Crippen LogP contribution in [0.5, 0.6) is 11.5 Å². The topological polar surface area (TPSA) is 51.4 Å². The molecule has 0 saturated carbocycles. The summed E-state index contributed by atoms with van der Waals surface area (Å²) in [6.45, 7) is 6.51. The zero-order valence-electron chi connectivity index (χ0n) is 23.0. The number of ether oxygens (including phenoxy) is 2. The van der Waals surface area contributed by atoms with Gasteiger partial charge in [0.25, 0.3) is 0 Å². The second-order valence-electron chi connectivity index (χ2n) is 9.71. The molecule has 5 heteroatoms. The summed E-state index contributed by atoms with van der Waals surface area (Å²) >= 11 is 0. The molecule has 36 heavy (non-hydrogen) atoms. The second-order valence-corrected chi connectivity index (χ2v) is 9.71. The Morgan fingerprint density at radius 2 is 1.56 bits per heavy atom. The standard InChI is InChI=1S/C31H48N2O3/c1-4-6-7-8-9-10-11-12-13-14-15-16-22-36-29-20-19-28(30(24-29)35-3)23-31(34)32-25-27-18-17-21-33(5-2)26-27/h17-21,24,26H,4-16,22-23,25H2,1-3H3/p+1. The van der Waals surface area contributed by atoms with Gasteiger partial charge in [0.2, 0.25) is 5.91 Å². The van der Waals surface area contributed by atoms with E-state index in [1.807, 2.05) is 36.5 Å². The predicted octanol–water partition coefficient (Wildman–Crippen LogP) is 6.94. The van der Waals surface area contributed by atoms with E-state index < -0.39 is 0 Å². The van der Waals surface area contributed by atoms with Crippen LogP contribution in [0.15, 0.2) is 42.7 Å². The quantitative estimate of drug-likeness (QED) is 0.159. The van der Waals surface area contributed by atoms with Crippen molar-refractivity contribution in [3.8, 4) is 11.5 Å². The highest BCUT2D eigenvalue weighted by Crippen LogP contribution is 2.25. The molecule has 1 amide bonds. The van der Waals surface area contributed by atoms with E-state index in [4.69, 9.17) is 9.47 Å². The molecule has 0 unspecified atom stereocenters. The van der Waals surface area contributed by atoms with Gasteiger partial charge in [-0.3, -0.25) is 4.79 Å². The molecule has 0 spiro atoms. The van der Waals surface area contributed by atoms with Gasteiger partial charge in [0.1, 0.15) is 18.0 Å². The highest BCUT2D eigenvalue weighted by atomic mass is 16.5. The Hall–Kier alpha value is -2.56. The van der Waals surface area contributed by atoms with Crippen LogP contribution in [-0.2, 0) is 24.3 Å². The van der Waals surface area contributed by atoms with Crippen LogP contribution in [-0.4, -0.2) is 19.6 Å². The van der Waals surface area contributed by atoms with Crippen molar-refractivity contribution >= 4 is 5.91 Å². The van der Waals surface area contributed by atoms with Gasteiger partial charge in [-0.15, -0.1) is 0 Å². The zero-order valence-corrected chi connectivity index (χ0v) is 23.0. The number of unbranched alkanes of at least 4 members (excludes halogenated alkanes) is 11. The molecule has 1 aromatic heterocycles. The number of pyridine rings is 1. The van der Waals surface area contributed by atoms with E-state index in [2.05, 4.69) is 29.9 Å². The average molecular weight is 498 g/mol. The van der Waals surface area contributed by atoms with Gasteiger partial charge in [0.05, 0.1) is 20.1 Å². The minimum Gasteiger partial charge on any atom is -0.496 e. The summed E-state index contributed by atoms with van der Waals surface area (Å²) in [6, 6.07) is 9.79. The molecule has 5 nitrogen and oxygen atoms in total. The summed E-state index contributed by atoms with van der Waals surface area (Å²) in [5.74, 6) is 1.47. The lowest BCUT2D eigenvalue weighted by molar-refractivity contribution is -0.694. The summed E-state index contributed by atoms with van der Waals surface area (Å²) in [5.41, 5.74) is 1.95. The van der Waals surface area contributed by atoms with E-state index >= 15 is 0 Å². The summed E-state index contributed by atoms with van der Waals surface area (Å²) in [4.78, 5) is 12.5. The molecule has 2 aromatic rings. The molecular formula is C31H49N2O3+. The number of rotatable bonds is 20. The number of hydrogen-bond acceptors (Lipinski definition) is 3. The zero-order chi connectivity index (χ0) is 25.8. The average Bonchev–Trinajstić information content (AvgIpc) is 2.91. The molecule has 0 aliphatic rings. The van der Waals surface area contributed by atoms with E-state index in [1.165, 1.54) is 70.6 Å². The number of carbonyl (C=O) groups excluding carboxylic acids is 1. The Bertz CT molecular complexity index is 869. The van der Waals surface area contributed by atoms with Crippen LogP contribution in [0.1, 0.15) is 102 Å². The smallest absolute Gasteiger partial charge is 0.224 e. The molecule has 1 aromatic carbocycles. The first kappa shape index (κ1) is 29.7. The minimum atomic E-state index is -0.0228. The van der Waals surface area contributed by atoms with Crippen molar-refractivity contribution in [2.45, 2.75) is 110 Å². The van der Waals surface area contributed by atoms with E-state index in [1.54, 1.807) is 7.11 Å². The third-order valence-corrected chi connectivity index (χ3v) is 6.65. The third-order valence-electron chi connectivity index (χ3n) is 6.65. The van der Waals surface area contributed by atoms with E-state index in [-0.39, 0.29) is 12.3 Å². The van der Waals surface area contributed by atoms with Crippen LogP contribution in [0.25, 0.3) is 0 Å². The van der Waals surface area contributed by atoms with Crippen molar-refractivity contribution in [3.05, 3.63) is 53.9 Å². The van der Waals surface area contributed by atoms with Crippen LogP contribution in [0.2, 0.25) is 0 Å². The van der Waals surface area contributed by atoms with Gasteiger partial charge in [-0.2, -0.15) is 0 Å². The van der Waals surface area contributed by atoms with Crippen molar-refractivity contribution < 1.29 is 18.8 Å². The molecule has 0 fully saturated rings. The molecule has 0 saturated heterocycles. The first-order valence-corrected chi connectivity index (χ1v) is 14.2. The number of hydrogen-bond donors (Lipinski definition) is 1. The molecule has 200 valence electrons. The van der Waals surface area contributed by atoms with E-state index in [0.717, 1.165) is 36.4 Å². The highest BCUT2D eigenvalue weighted by molar-refractivity contribution is 5.79. The predicted molar refractivity (Wildman–Crippen MR) is 147 cm³/mol. The number of aromatic nitrogens is 1. The Morgan fingerprint density at radius 3 is 2.19 bits per heavy atom. The monoisotopic (exact) mass is 497 g/mol. The maximum Gasteiger partial charge on any atom is 0.224 e. The SMILES string of the molecule is CCCCCCCCCCCCCCOc1ccc(CC(=O)NCc2ccc[n+](CC)c2)c(OC)c1. The Kier molecular flexibility index (Phi) is 15.4. The number of methoxy groups -OCH3 is 1. The van der Waals surface area contributed by atoms with Gasteiger partial charge >= 0.3 is 0 Å². The van der Waals surface area contributed by atoms with Crippen LogP contribution in [0, 0.1) is 0 Å². The molecule has 1 heterocycles. The van der Waals surface area contributed by atoms with Crippen LogP contribution < -0.4 is 19.4 Å². The fraction of sp³-hybridized carbons (Fsp3) is 0.613. The molecule has 0 radical (unpaired) electrons. The van der Waals surface area contributed by atoms with Crippen molar-refractivity contribution in [1.82, 2.24) is 5.32 Å². The third kappa shape index (κ3) is 12.4. The van der Waals surface area contributed by atoms with Gasteiger partial charge in [-0.05, 0) is 25.5 Å². The van der Waals surface area contributed by atoms with Crippen molar-refractivity contribution in [1.29, 1.82) is 0 Å². The number of nitrogens with zero attached hydrogens (tertiary/aromatic N) is 1. The van der Waals surface area contributed by atoms with Gasteiger partial charge in [-0.25, -0.2) is 4.57 Å². The number of amides is 1. The Balaban J connectivity index is 1.60. The summed E-state index contributed by atoms with van der Waals surface area (Å²) in [5, 5.41) is 3.01. The van der Waals surface area contributed by atoms with Gasteiger partial charge in [-0.1, -0.05) is 83.6 Å². The van der Waals surface area contributed by atoms with Gasteiger partial charge in [0, 0.05) is 29.8 Å². The molecule has 0 atom stereocenters. The first-order chi connectivity index (χ1) is 17.7. The lowest BCUT2D eigenvalue weighted by atomic mass is 10.1. The number of carbonyl (C=O) groups is 1. The highest BCUT2D eigenvalue weighted by Gasteiger charge is 2.11. The lowest BCUT2D eigenvalue weighted by Gasteiger charge is -2.12.